The Hall–Kier alpha value is -1.06. The van der Waals surface area contributed by atoms with Crippen LogP contribution in [0.15, 0.2) is 29.3 Å². The Morgan fingerprint density at radius 2 is 2.14 bits per heavy atom. The van der Waals surface area contributed by atoms with Crippen LogP contribution >= 0.6 is 24.0 Å². The van der Waals surface area contributed by atoms with Gasteiger partial charge in [0.2, 0.25) is 0 Å². The van der Waals surface area contributed by atoms with Gasteiger partial charge in [-0.15, -0.1) is 24.0 Å². The van der Waals surface area contributed by atoms with Gasteiger partial charge in [0.25, 0.3) is 0 Å². The first kappa shape index (κ1) is 24.2. The molecule has 0 saturated carbocycles. The molecule has 2 atom stereocenters. The first-order chi connectivity index (χ1) is 13.6. The van der Waals surface area contributed by atoms with Crippen LogP contribution in [-0.4, -0.2) is 50.6 Å². The van der Waals surface area contributed by atoms with Gasteiger partial charge in [0.05, 0.1) is 18.8 Å². The molecule has 2 aliphatic heterocycles. The fourth-order valence-corrected chi connectivity index (χ4v) is 3.76. The van der Waals surface area contributed by atoms with E-state index in [9.17, 15) is 0 Å². The monoisotopic (exact) mass is 517 g/mol. The van der Waals surface area contributed by atoms with Gasteiger partial charge in [0.15, 0.2) is 5.96 Å². The highest BCUT2D eigenvalue weighted by Crippen LogP contribution is 2.39. The number of hydrogen-bond acceptors (Lipinski definition) is 4. The molecule has 0 radical (unpaired) electrons. The summed E-state index contributed by atoms with van der Waals surface area (Å²) in [6, 6.07) is 8.43. The van der Waals surface area contributed by atoms with E-state index in [4.69, 9.17) is 19.2 Å². The van der Waals surface area contributed by atoms with E-state index in [0.717, 1.165) is 63.7 Å². The topological polar surface area (TPSA) is 64.1 Å². The number of ether oxygens (including phenoxy) is 3. The van der Waals surface area contributed by atoms with Crippen molar-refractivity contribution in [2.75, 3.05) is 32.9 Å². The highest BCUT2D eigenvalue weighted by atomic mass is 127. The summed E-state index contributed by atoms with van der Waals surface area (Å²) in [6.45, 7) is 10.2. The van der Waals surface area contributed by atoms with E-state index < -0.39 is 0 Å². The quantitative estimate of drug-likeness (QED) is 0.236. The van der Waals surface area contributed by atoms with Crippen LogP contribution in [0.2, 0.25) is 0 Å². The van der Waals surface area contributed by atoms with Crippen molar-refractivity contribution >= 4 is 29.9 Å². The molecule has 2 aliphatic rings. The lowest BCUT2D eigenvalue weighted by molar-refractivity contribution is 0.0170. The van der Waals surface area contributed by atoms with E-state index in [1.165, 1.54) is 5.56 Å². The normalized spacial score (nSPS) is 22.9. The maximum Gasteiger partial charge on any atom is 0.191 e. The van der Waals surface area contributed by atoms with Crippen LogP contribution in [0, 0.1) is 0 Å². The molecule has 164 valence electrons. The number of rotatable bonds is 8. The van der Waals surface area contributed by atoms with E-state index >= 15 is 0 Å². The zero-order chi connectivity index (χ0) is 19.8. The lowest BCUT2D eigenvalue weighted by Crippen LogP contribution is -2.45. The van der Waals surface area contributed by atoms with Crippen molar-refractivity contribution in [2.24, 2.45) is 4.99 Å². The van der Waals surface area contributed by atoms with Crippen molar-refractivity contribution in [3.05, 3.63) is 29.8 Å². The Labute approximate surface area is 192 Å². The highest BCUT2D eigenvalue weighted by molar-refractivity contribution is 14.0. The standard InChI is InChI=1S/C22H35N3O3.HI/c1-4-23-21(24-12-8-13-26-16-17-9-7-14-27-17)25-19-15-22(2,3)28-20-11-6-5-10-18(19)20;/h5-6,10-11,17,19H,4,7-9,12-16H2,1-3H3,(H2,23,24,25);1H. The summed E-state index contributed by atoms with van der Waals surface area (Å²) >= 11 is 0. The molecular weight excluding hydrogens is 481 g/mol. The lowest BCUT2D eigenvalue weighted by Gasteiger charge is -2.38. The maximum absolute atomic E-state index is 6.13. The van der Waals surface area contributed by atoms with Crippen molar-refractivity contribution in [3.8, 4) is 5.75 Å². The van der Waals surface area contributed by atoms with Gasteiger partial charge in [-0.1, -0.05) is 18.2 Å². The SMILES string of the molecule is CCNC(=NCCCOCC1CCCO1)NC1CC(C)(C)Oc2ccccc21.I. The summed E-state index contributed by atoms with van der Waals surface area (Å²) in [5, 5.41) is 6.96. The van der Waals surface area contributed by atoms with Crippen molar-refractivity contribution in [2.45, 2.75) is 64.2 Å². The van der Waals surface area contributed by atoms with Crippen LogP contribution in [0.3, 0.4) is 0 Å². The second-order valence-corrected chi connectivity index (χ2v) is 8.12. The van der Waals surface area contributed by atoms with Gasteiger partial charge in [0, 0.05) is 38.3 Å². The predicted octanol–water partition coefficient (Wildman–Crippen LogP) is 4.05. The Morgan fingerprint density at radius 3 is 2.90 bits per heavy atom. The van der Waals surface area contributed by atoms with Crippen molar-refractivity contribution in [1.82, 2.24) is 10.6 Å². The van der Waals surface area contributed by atoms with E-state index in [2.05, 4.69) is 43.5 Å². The van der Waals surface area contributed by atoms with Gasteiger partial charge in [-0.2, -0.15) is 0 Å². The number of para-hydroxylation sites is 1. The second kappa shape index (κ2) is 12.0. The van der Waals surface area contributed by atoms with Crippen LogP contribution in [0.1, 0.15) is 58.1 Å². The van der Waals surface area contributed by atoms with Crippen molar-refractivity contribution in [3.63, 3.8) is 0 Å². The molecule has 0 spiro atoms. The minimum Gasteiger partial charge on any atom is -0.487 e. The Morgan fingerprint density at radius 1 is 1.31 bits per heavy atom. The van der Waals surface area contributed by atoms with Crippen LogP contribution in [0.5, 0.6) is 5.75 Å². The molecule has 2 N–H and O–H groups in total. The fraction of sp³-hybridized carbons (Fsp3) is 0.682. The predicted molar refractivity (Wildman–Crippen MR) is 127 cm³/mol. The number of benzene rings is 1. The molecule has 0 bridgehead atoms. The van der Waals surface area contributed by atoms with Crippen molar-refractivity contribution < 1.29 is 14.2 Å². The molecule has 2 heterocycles. The molecule has 2 unspecified atom stereocenters. The molecule has 6 nitrogen and oxygen atoms in total. The van der Waals surface area contributed by atoms with E-state index in [1.54, 1.807) is 0 Å². The molecular formula is C22H36IN3O3. The van der Waals surface area contributed by atoms with Crippen molar-refractivity contribution in [1.29, 1.82) is 0 Å². The van der Waals surface area contributed by atoms with Gasteiger partial charge in [-0.3, -0.25) is 4.99 Å². The zero-order valence-electron chi connectivity index (χ0n) is 17.9. The summed E-state index contributed by atoms with van der Waals surface area (Å²) in [7, 11) is 0. The van der Waals surface area contributed by atoms with Crippen LogP contribution in [-0.2, 0) is 9.47 Å². The number of halogens is 1. The van der Waals surface area contributed by atoms with Gasteiger partial charge in [0.1, 0.15) is 11.4 Å². The Bertz CT molecular complexity index is 648. The molecule has 0 aromatic heterocycles. The Balaban J connectivity index is 0.00000300. The van der Waals surface area contributed by atoms with Gasteiger partial charge in [-0.25, -0.2) is 0 Å². The summed E-state index contributed by atoms with van der Waals surface area (Å²) in [4.78, 5) is 4.74. The van der Waals surface area contributed by atoms with Gasteiger partial charge >= 0.3 is 0 Å². The minimum atomic E-state index is -0.209. The Kier molecular flexibility index (Phi) is 9.98. The van der Waals surface area contributed by atoms with E-state index in [0.29, 0.717) is 12.7 Å². The third-order valence-corrected chi connectivity index (χ3v) is 5.08. The molecule has 0 amide bonds. The third kappa shape index (κ3) is 7.61. The molecule has 1 fully saturated rings. The number of nitrogens with zero attached hydrogens (tertiary/aromatic N) is 1. The maximum atomic E-state index is 6.13. The molecule has 7 heteroatoms. The molecule has 3 rings (SSSR count). The number of fused-ring (bicyclic) bond motifs is 1. The number of hydrogen-bond donors (Lipinski definition) is 2. The largest absolute Gasteiger partial charge is 0.487 e. The molecule has 1 aromatic carbocycles. The first-order valence-corrected chi connectivity index (χ1v) is 10.6. The van der Waals surface area contributed by atoms with Crippen LogP contribution in [0.4, 0.5) is 0 Å². The first-order valence-electron chi connectivity index (χ1n) is 10.6. The van der Waals surface area contributed by atoms with Gasteiger partial charge < -0.3 is 24.8 Å². The van der Waals surface area contributed by atoms with Gasteiger partial charge in [-0.05, 0) is 46.1 Å². The number of nitrogens with one attached hydrogen (secondary N) is 2. The molecule has 0 aliphatic carbocycles. The van der Waals surface area contributed by atoms with Crippen LogP contribution < -0.4 is 15.4 Å². The summed E-state index contributed by atoms with van der Waals surface area (Å²) in [6.07, 6.45) is 4.36. The number of aliphatic imine (C=N–C) groups is 1. The lowest BCUT2D eigenvalue weighted by atomic mass is 9.90. The average Bonchev–Trinajstić information content (AvgIpc) is 3.17. The summed E-state index contributed by atoms with van der Waals surface area (Å²) < 4.78 is 17.4. The smallest absolute Gasteiger partial charge is 0.191 e. The second-order valence-electron chi connectivity index (χ2n) is 8.12. The minimum absolute atomic E-state index is 0. The molecule has 1 saturated heterocycles. The number of guanidine groups is 1. The molecule has 29 heavy (non-hydrogen) atoms. The highest BCUT2D eigenvalue weighted by Gasteiger charge is 2.33. The average molecular weight is 517 g/mol. The van der Waals surface area contributed by atoms with E-state index in [1.807, 2.05) is 12.1 Å². The van der Waals surface area contributed by atoms with E-state index in [-0.39, 0.29) is 35.6 Å². The third-order valence-electron chi connectivity index (χ3n) is 5.08. The van der Waals surface area contributed by atoms with Crippen LogP contribution in [0.25, 0.3) is 0 Å². The fourth-order valence-electron chi connectivity index (χ4n) is 3.76. The zero-order valence-corrected chi connectivity index (χ0v) is 20.2. The molecule has 1 aromatic rings. The summed E-state index contributed by atoms with van der Waals surface area (Å²) in [5.74, 6) is 1.80. The summed E-state index contributed by atoms with van der Waals surface area (Å²) in [5.41, 5.74) is 0.979.